The van der Waals surface area contributed by atoms with E-state index in [1.54, 1.807) is 12.4 Å². The summed E-state index contributed by atoms with van der Waals surface area (Å²) in [7, 11) is 0. The van der Waals surface area contributed by atoms with Gasteiger partial charge in [0.25, 0.3) is 0 Å². The van der Waals surface area contributed by atoms with E-state index in [1.807, 2.05) is 41.0 Å². The fourth-order valence-corrected chi connectivity index (χ4v) is 2.88. The normalized spacial score (nSPS) is 10.8. The first kappa shape index (κ1) is 14.3. The molecule has 2 aromatic carbocycles. The fourth-order valence-electron chi connectivity index (χ4n) is 2.88. The number of anilines is 1. The van der Waals surface area contributed by atoms with Gasteiger partial charge in [-0.05, 0) is 17.7 Å². The highest BCUT2D eigenvalue weighted by Gasteiger charge is 2.13. The van der Waals surface area contributed by atoms with Gasteiger partial charge in [0, 0.05) is 29.0 Å². The Morgan fingerprint density at radius 1 is 1.08 bits per heavy atom. The monoisotopic (exact) mass is 316 g/mol. The summed E-state index contributed by atoms with van der Waals surface area (Å²) in [5.41, 5.74) is 3.14. The number of hydrogen-bond donors (Lipinski definition) is 2. The van der Waals surface area contributed by atoms with Crippen LogP contribution in [0, 0.1) is 0 Å². The summed E-state index contributed by atoms with van der Waals surface area (Å²) in [6.45, 7) is 0.221. The van der Waals surface area contributed by atoms with Crippen molar-refractivity contribution >= 4 is 22.8 Å². The van der Waals surface area contributed by atoms with Crippen molar-refractivity contribution in [3.05, 3.63) is 73.1 Å². The number of para-hydroxylation sites is 1. The van der Waals surface area contributed by atoms with E-state index >= 15 is 0 Å². The summed E-state index contributed by atoms with van der Waals surface area (Å²) in [5.74, 6) is 0.334. The molecule has 2 heterocycles. The lowest BCUT2D eigenvalue weighted by Gasteiger charge is -2.10. The Kier molecular flexibility index (Phi) is 3.59. The molecule has 0 bridgehead atoms. The zero-order chi connectivity index (χ0) is 16.4. The summed E-state index contributed by atoms with van der Waals surface area (Å²) in [6.07, 6.45) is 3.28. The third-order valence-electron chi connectivity index (χ3n) is 3.94. The number of hydrogen-bond acceptors (Lipinski definition) is 2. The molecule has 118 valence electrons. The number of amides is 1. The van der Waals surface area contributed by atoms with Crippen molar-refractivity contribution in [2.24, 2.45) is 0 Å². The maximum atomic E-state index is 12.4. The number of H-pyrrole nitrogens is 1. The van der Waals surface area contributed by atoms with Crippen LogP contribution in [0.15, 0.2) is 73.1 Å². The minimum absolute atomic E-state index is 0.122. The summed E-state index contributed by atoms with van der Waals surface area (Å²) in [4.78, 5) is 19.3. The molecule has 0 atom stereocenters. The van der Waals surface area contributed by atoms with Gasteiger partial charge < -0.3 is 9.55 Å². The fraction of sp³-hybridized carbons (Fsp3) is 0.0526. The molecular formula is C19H16N4O. The van der Waals surface area contributed by atoms with Crippen LogP contribution in [0.3, 0.4) is 0 Å². The highest BCUT2D eigenvalue weighted by molar-refractivity contribution is 5.93. The largest absolute Gasteiger partial charge is 0.331 e. The second-order valence-electron chi connectivity index (χ2n) is 5.53. The van der Waals surface area contributed by atoms with Crippen molar-refractivity contribution in [1.29, 1.82) is 0 Å². The van der Waals surface area contributed by atoms with Gasteiger partial charge in [-0.25, -0.2) is 4.98 Å². The average molecular weight is 316 g/mol. The second kappa shape index (κ2) is 6.04. The molecule has 0 fully saturated rings. The predicted octanol–water partition coefficient (Wildman–Crippen LogP) is 3.67. The number of aromatic amines is 1. The Bertz CT molecular complexity index is 971. The molecule has 0 radical (unpaired) electrons. The minimum atomic E-state index is -0.122. The van der Waals surface area contributed by atoms with Crippen LogP contribution >= 0.6 is 0 Å². The molecule has 1 amide bonds. The quantitative estimate of drug-likeness (QED) is 0.603. The van der Waals surface area contributed by atoms with Crippen LogP contribution in [0.25, 0.3) is 22.2 Å². The highest BCUT2D eigenvalue weighted by atomic mass is 16.2. The molecule has 5 heteroatoms. The Morgan fingerprint density at radius 2 is 1.88 bits per heavy atom. The van der Waals surface area contributed by atoms with E-state index in [0.717, 1.165) is 22.2 Å². The molecule has 4 rings (SSSR count). The van der Waals surface area contributed by atoms with Gasteiger partial charge in [-0.2, -0.15) is 0 Å². The molecular weight excluding hydrogens is 300 g/mol. The molecule has 5 nitrogen and oxygen atoms in total. The van der Waals surface area contributed by atoms with Crippen molar-refractivity contribution in [3.8, 4) is 11.3 Å². The lowest BCUT2D eigenvalue weighted by molar-refractivity contribution is -0.116. The van der Waals surface area contributed by atoms with Crippen LogP contribution in [0.1, 0.15) is 0 Å². The highest BCUT2D eigenvalue weighted by Crippen LogP contribution is 2.28. The molecule has 0 aliphatic rings. The van der Waals surface area contributed by atoms with Crippen LogP contribution in [-0.2, 0) is 11.3 Å². The number of nitrogens with zero attached hydrogens (tertiary/aromatic N) is 2. The average Bonchev–Trinajstić information content (AvgIpc) is 3.24. The van der Waals surface area contributed by atoms with Crippen LogP contribution in [-0.4, -0.2) is 20.4 Å². The molecule has 0 saturated carbocycles. The standard InChI is InChI=1S/C19H16N4O/c24-18(22-19-20-10-11-21-19)13-23-16-9-5-4-8-15(16)12-17(23)14-6-2-1-3-7-14/h1-12H,13H2,(H2,20,21,22,24). The Hall–Kier alpha value is -3.34. The van der Waals surface area contributed by atoms with E-state index in [1.165, 1.54) is 0 Å². The number of aromatic nitrogens is 3. The number of nitrogens with one attached hydrogen (secondary N) is 2. The zero-order valence-corrected chi connectivity index (χ0v) is 12.9. The first-order valence-corrected chi connectivity index (χ1v) is 7.74. The lowest BCUT2D eigenvalue weighted by atomic mass is 10.1. The lowest BCUT2D eigenvalue weighted by Crippen LogP contribution is -2.19. The summed E-state index contributed by atoms with van der Waals surface area (Å²) >= 11 is 0. The van der Waals surface area contributed by atoms with Gasteiger partial charge in [-0.15, -0.1) is 0 Å². The van der Waals surface area contributed by atoms with Crippen molar-refractivity contribution in [2.75, 3.05) is 5.32 Å². The van der Waals surface area contributed by atoms with E-state index in [2.05, 4.69) is 39.6 Å². The third-order valence-corrected chi connectivity index (χ3v) is 3.94. The molecule has 0 aliphatic heterocycles. The number of carbonyl (C=O) groups excluding carboxylic acids is 1. The maximum Gasteiger partial charge on any atom is 0.246 e. The van der Waals surface area contributed by atoms with Crippen LogP contribution in [0.4, 0.5) is 5.95 Å². The van der Waals surface area contributed by atoms with E-state index in [-0.39, 0.29) is 12.5 Å². The van der Waals surface area contributed by atoms with Gasteiger partial charge in [0.1, 0.15) is 6.54 Å². The number of imidazole rings is 1. The smallest absolute Gasteiger partial charge is 0.246 e. The first-order valence-electron chi connectivity index (χ1n) is 7.74. The van der Waals surface area contributed by atoms with Gasteiger partial charge in [0.2, 0.25) is 11.9 Å². The Balaban J connectivity index is 1.74. The molecule has 2 N–H and O–H groups in total. The summed E-state index contributed by atoms with van der Waals surface area (Å²) in [5, 5.41) is 3.89. The molecule has 0 saturated heterocycles. The number of carbonyl (C=O) groups is 1. The van der Waals surface area contributed by atoms with Crippen LogP contribution < -0.4 is 5.32 Å². The van der Waals surface area contributed by atoms with Gasteiger partial charge in [-0.1, -0.05) is 48.5 Å². The van der Waals surface area contributed by atoms with Gasteiger partial charge >= 0.3 is 0 Å². The van der Waals surface area contributed by atoms with Crippen molar-refractivity contribution in [3.63, 3.8) is 0 Å². The van der Waals surface area contributed by atoms with E-state index in [9.17, 15) is 4.79 Å². The number of fused-ring (bicyclic) bond motifs is 1. The van der Waals surface area contributed by atoms with Crippen molar-refractivity contribution < 1.29 is 4.79 Å². The Labute approximate surface area is 139 Å². The topological polar surface area (TPSA) is 62.7 Å². The molecule has 2 aromatic heterocycles. The number of benzene rings is 2. The SMILES string of the molecule is O=C(Cn1c(-c2ccccc2)cc2ccccc21)Nc1ncc[nH]1. The van der Waals surface area contributed by atoms with E-state index in [0.29, 0.717) is 5.95 Å². The van der Waals surface area contributed by atoms with E-state index in [4.69, 9.17) is 0 Å². The molecule has 0 aliphatic carbocycles. The molecule has 0 spiro atoms. The van der Waals surface area contributed by atoms with Crippen molar-refractivity contribution in [1.82, 2.24) is 14.5 Å². The van der Waals surface area contributed by atoms with Gasteiger partial charge in [0.05, 0.1) is 0 Å². The zero-order valence-electron chi connectivity index (χ0n) is 12.9. The summed E-state index contributed by atoms with van der Waals surface area (Å²) in [6, 6.07) is 20.3. The molecule has 0 unspecified atom stereocenters. The first-order chi connectivity index (χ1) is 11.8. The second-order valence-corrected chi connectivity index (χ2v) is 5.53. The number of rotatable bonds is 4. The Morgan fingerprint density at radius 3 is 2.67 bits per heavy atom. The van der Waals surface area contributed by atoms with Crippen molar-refractivity contribution in [2.45, 2.75) is 6.54 Å². The van der Waals surface area contributed by atoms with Gasteiger partial charge in [-0.3, -0.25) is 10.1 Å². The molecule has 24 heavy (non-hydrogen) atoms. The predicted molar refractivity (Wildman–Crippen MR) is 94.6 cm³/mol. The van der Waals surface area contributed by atoms with Crippen LogP contribution in [0.5, 0.6) is 0 Å². The maximum absolute atomic E-state index is 12.4. The van der Waals surface area contributed by atoms with E-state index < -0.39 is 0 Å². The summed E-state index contributed by atoms with van der Waals surface area (Å²) < 4.78 is 2.03. The van der Waals surface area contributed by atoms with Crippen LogP contribution in [0.2, 0.25) is 0 Å². The molecule has 4 aromatic rings. The van der Waals surface area contributed by atoms with Gasteiger partial charge in [0.15, 0.2) is 0 Å². The minimum Gasteiger partial charge on any atom is -0.331 e. The third kappa shape index (κ3) is 2.67.